The molecule has 1 aliphatic heterocycles. The number of likely N-dealkylation sites (N-methyl/N-ethyl adjacent to an activating group) is 7. The van der Waals surface area contributed by atoms with Crippen LogP contribution >= 0.6 is 0 Å². The Hall–Kier alpha value is -6.17. The van der Waals surface area contributed by atoms with E-state index in [1.165, 1.54) is 93.8 Å². The van der Waals surface area contributed by atoms with Gasteiger partial charge in [0.15, 0.2) is 0 Å². The quantitative estimate of drug-likeness (QED) is 0.121. The molecule has 0 aliphatic carbocycles. The van der Waals surface area contributed by atoms with Gasteiger partial charge in [-0.15, -0.1) is 0 Å². The molecule has 0 aromatic rings. The molecule has 1 fully saturated rings. The van der Waals surface area contributed by atoms with E-state index in [1.807, 2.05) is 55.4 Å². The third kappa shape index (κ3) is 21.9. The van der Waals surface area contributed by atoms with E-state index in [4.69, 9.17) is 0 Å². The van der Waals surface area contributed by atoms with Crippen LogP contribution in [0.2, 0.25) is 0 Å². The first-order chi connectivity index (χ1) is 39.7. The van der Waals surface area contributed by atoms with Crippen molar-refractivity contribution in [1.29, 1.82) is 0 Å². The Balaban J connectivity index is 4.33. The predicted molar refractivity (Wildman–Crippen MR) is 330 cm³/mol. The number of nitrogens with one attached hydrogen (secondary N) is 4. The van der Waals surface area contributed by atoms with Gasteiger partial charge in [-0.2, -0.15) is 0 Å². The highest BCUT2D eigenvalue weighted by Gasteiger charge is 2.45. The molecule has 0 bridgehead atoms. The summed E-state index contributed by atoms with van der Waals surface area (Å²) < 4.78 is 0. The zero-order chi connectivity index (χ0) is 66.7. The lowest BCUT2D eigenvalue weighted by atomic mass is 9.91. The van der Waals surface area contributed by atoms with Crippen molar-refractivity contribution in [3.05, 3.63) is 12.2 Å². The van der Waals surface area contributed by atoms with Crippen LogP contribution in [-0.4, -0.2) is 238 Å². The van der Waals surface area contributed by atoms with E-state index in [2.05, 4.69) is 21.3 Å². The van der Waals surface area contributed by atoms with Gasteiger partial charge in [-0.25, -0.2) is 0 Å². The molecule has 11 amide bonds. The highest BCUT2D eigenvalue weighted by atomic mass is 16.3. The van der Waals surface area contributed by atoms with E-state index < -0.39 is 156 Å². The predicted octanol–water partition coefficient (Wildman–Crippen LogP) is 2.24. The summed E-state index contributed by atoms with van der Waals surface area (Å²) in [6, 6.07) is -12.5. The van der Waals surface area contributed by atoms with Gasteiger partial charge in [-0.3, -0.25) is 52.7 Å². The molecule has 0 saturated carbocycles. The monoisotopic (exact) mass is 1220 g/mol. The average molecular weight is 1220 g/mol. The summed E-state index contributed by atoms with van der Waals surface area (Å²) in [5.74, 6) is -10.1. The number of allylic oxidation sites excluding steroid dienone is 1. The molecular weight excluding hydrogens is 1110 g/mol. The third-order valence-electron chi connectivity index (χ3n) is 16.1. The van der Waals surface area contributed by atoms with Crippen molar-refractivity contribution in [3.8, 4) is 0 Å². The van der Waals surface area contributed by atoms with Crippen LogP contribution in [0, 0.1) is 41.4 Å². The van der Waals surface area contributed by atoms with Crippen LogP contribution in [0.15, 0.2) is 12.2 Å². The molecule has 1 rings (SSSR count). The van der Waals surface area contributed by atoms with Gasteiger partial charge in [0.05, 0.1) is 19.3 Å². The van der Waals surface area contributed by atoms with Crippen molar-refractivity contribution in [3.63, 3.8) is 0 Å². The molecule has 24 nitrogen and oxygen atoms in total. The second kappa shape index (κ2) is 35.6. The van der Waals surface area contributed by atoms with Crippen molar-refractivity contribution in [2.24, 2.45) is 41.4 Å². The summed E-state index contributed by atoms with van der Waals surface area (Å²) in [6.07, 6.45) is 2.22. The fraction of sp³-hybridized carbons (Fsp3) is 0.790. The standard InChI is InChI=1S/C62H111N11O13/c1-24-43-58(82)67(17)33-48(75)68(18)44(29-34(2)3)55(79)66-49(38(10)11)61(85)69(19)45(30-35(4)5)54(78)63-41(15)53(77)64-42(16)57(81)70(20)46(31-36(6)7)59(83)71(21)47(32-37(8)9)60(84)72(22)50(39(12)13)62(86)73(23)51(56(80)65-43)52(76)40(14)27-25-26-28-74/h25-26,34-47,49-52,74,76H,24,27-33H2,1-23H3,(H,63,78)(H,64,77)(H,65,80)(H,66,79)/b26-25+/t40-,41+,42-,43+,44+,45+,46-,47+,49+,50+,51?,52-/m1/s1. The van der Waals surface area contributed by atoms with Gasteiger partial charge >= 0.3 is 0 Å². The Morgan fingerprint density at radius 1 is 0.453 bits per heavy atom. The van der Waals surface area contributed by atoms with Crippen LogP contribution in [0.3, 0.4) is 0 Å². The first-order valence-electron chi connectivity index (χ1n) is 30.7. The number of nitrogens with zero attached hydrogens (tertiary/aromatic N) is 7. The molecule has 1 saturated heterocycles. The smallest absolute Gasteiger partial charge is 0.246 e. The zero-order valence-corrected chi connectivity index (χ0v) is 56.2. The van der Waals surface area contributed by atoms with Crippen LogP contribution in [0.1, 0.15) is 149 Å². The Labute approximate surface area is 513 Å². The van der Waals surface area contributed by atoms with Crippen LogP contribution in [0.4, 0.5) is 0 Å². The number of hydrogen-bond acceptors (Lipinski definition) is 13. The Bertz CT molecular complexity index is 2350. The summed E-state index contributed by atoms with van der Waals surface area (Å²) >= 11 is 0. The molecule has 86 heavy (non-hydrogen) atoms. The first kappa shape index (κ1) is 77.8. The second-order valence-electron chi connectivity index (χ2n) is 26.2. The van der Waals surface area contributed by atoms with Gasteiger partial charge in [-0.1, -0.05) is 109 Å². The van der Waals surface area contributed by atoms with Crippen molar-refractivity contribution >= 4 is 65.0 Å². The number of aliphatic hydroxyl groups excluding tert-OH is 2. The molecule has 24 heteroatoms. The van der Waals surface area contributed by atoms with Crippen LogP contribution in [-0.2, 0) is 52.7 Å². The van der Waals surface area contributed by atoms with E-state index >= 15 is 9.59 Å². The van der Waals surface area contributed by atoms with Crippen LogP contribution < -0.4 is 21.3 Å². The van der Waals surface area contributed by atoms with Gasteiger partial charge in [-0.05, 0) is 93.8 Å². The maximum Gasteiger partial charge on any atom is 0.246 e. The molecule has 0 spiro atoms. The number of hydrogen-bond donors (Lipinski definition) is 6. The van der Waals surface area contributed by atoms with Crippen molar-refractivity contribution in [1.82, 2.24) is 55.6 Å². The Morgan fingerprint density at radius 3 is 1.33 bits per heavy atom. The normalized spacial score (nSPS) is 26.7. The number of carbonyl (C=O) groups is 11. The van der Waals surface area contributed by atoms with E-state index in [0.717, 1.165) is 9.80 Å². The molecule has 1 aliphatic rings. The van der Waals surface area contributed by atoms with Crippen LogP contribution in [0.5, 0.6) is 0 Å². The maximum atomic E-state index is 15.1. The molecule has 0 aromatic heterocycles. The van der Waals surface area contributed by atoms with Crippen molar-refractivity contribution < 1.29 is 63.0 Å². The van der Waals surface area contributed by atoms with Crippen LogP contribution in [0.25, 0.3) is 0 Å². The summed E-state index contributed by atoms with van der Waals surface area (Å²) in [4.78, 5) is 168. The number of carbonyl (C=O) groups excluding carboxylic acids is 11. The Kier molecular flexibility index (Phi) is 32.2. The largest absolute Gasteiger partial charge is 0.392 e. The lowest BCUT2D eigenvalue weighted by Crippen LogP contribution is -2.63. The molecule has 6 N–H and O–H groups in total. The molecule has 1 heterocycles. The summed E-state index contributed by atoms with van der Waals surface area (Å²) in [6.45, 7) is 27.0. The number of amides is 11. The maximum absolute atomic E-state index is 15.1. The first-order valence-corrected chi connectivity index (χ1v) is 30.7. The molecular formula is C62H111N11O13. The highest BCUT2D eigenvalue weighted by molar-refractivity contribution is 5.99. The van der Waals surface area contributed by atoms with Gasteiger partial charge < -0.3 is 65.8 Å². The van der Waals surface area contributed by atoms with E-state index in [-0.39, 0.29) is 68.8 Å². The molecule has 0 radical (unpaired) electrons. The van der Waals surface area contributed by atoms with Gasteiger partial charge in [0.2, 0.25) is 65.0 Å². The fourth-order valence-electron chi connectivity index (χ4n) is 10.7. The lowest BCUT2D eigenvalue weighted by molar-refractivity contribution is -0.157. The number of aliphatic hydroxyl groups is 2. The topological polar surface area (TPSA) is 299 Å². The van der Waals surface area contributed by atoms with Gasteiger partial charge in [0.25, 0.3) is 0 Å². The third-order valence-corrected chi connectivity index (χ3v) is 16.1. The molecule has 0 aromatic carbocycles. The van der Waals surface area contributed by atoms with Crippen molar-refractivity contribution in [2.45, 2.75) is 216 Å². The molecule has 12 atom stereocenters. The van der Waals surface area contributed by atoms with Crippen molar-refractivity contribution in [2.75, 3.05) is 62.5 Å². The van der Waals surface area contributed by atoms with E-state index in [1.54, 1.807) is 47.6 Å². The minimum Gasteiger partial charge on any atom is -0.392 e. The fourth-order valence-corrected chi connectivity index (χ4v) is 10.7. The minimum atomic E-state index is -1.67. The minimum absolute atomic E-state index is 0.00425. The molecule has 1 unspecified atom stereocenters. The summed E-state index contributed by atoms with van der Waals surface area (Å²) in [7, 11) is 9.80. The number of rotatable bonds is 16. The zero-order valence-electron chi connectivity index (χ0n) is 56.2. The van der Waals surface area contributed by atoms with Gasteiger partial charge in [0.1, 0.15) is 60.4 Å². The van der Waals surface area contributed by atoms with Gasteiger partial charge in [0, 0.05) is 49.3 Å². The lowest BCUT2D eigenvalue weighted by Gasteiger charge is -2.41. The summed E-state index contributed by atoms with van der Waals surface area (Å²) in [5, 5.41) is 32.5. The Morgan fingerprint density at radius 2 is 0.872 bits per heavy atom. The highest BCUT2D eigenvalue weighted by Crippen LogP contribution is 2.26. The molecule has 492 valence electrons. The summed E-state index contributed by atoms with van der Waals surface area (Å²) in [5.41, 5.74) is 0. The SMILES string of the molecule is CC[C@@H]1NC(=O)C([C@H](O)[C@H](C)C/C=C/CO)N(C)C(=O)[C@H](C(C)C)N(C)C(=O)[C@H](CC(C)C)N(C)C(=O)[C@@H](CC(C)C)N(C)C(=O)[C@@H](C)NC(=O)[C@H](C)NC(=O)[C@H](CC(C)C)N(C)C(=O)[C@H](C(C)C)NC(=O)[C@H](CC(C)C)N(C)C(=O)CN(C)C1=O. The second-order valence-corrected chi connectivity index (χ2v) is 26.2. The average Bonchev–Trinajstić information content (AvgIpc) is 1.45. The van der Waals surface area contributed by atoms with E-state index in [9.17, 15) is 53.4 Å². The van der Waals surface area contributed by atoms with E-state index in [0.29, 0.717) is 0 Å².